The van der Waals surface area contributed by atoms with Gasteiger partial charge in [0.05, 0.1) is 6.61 Å². The van der Waals surface area contributed by atoms with Gasteiger partial charge in [0.1, 0.15) is 5.69 Å². The number of rotatable bonds is 3. The van der Waals surface area contributed by atoms with Crippen molar-refractivity contribution in [3.05, 3.63) is 22.4 Å². The summed E-state index contributed by atoms with van der Waals surface area (Å²) in [7, 11) is 1.86. The monoisotopic (exact) mass is 300 g/mol. The second-order valence-corrected chi connectivity index (χ2v) is 5.46. The fourth-order valence-corrected chi connectivity index (χ4v) is 2.62. The van der Waals surface area contributed by atoms with Crippen LogP contribution in [0.5, 0.6) is 0 Å². The lowest BCUT2D eigenvalue weighted by atomic mass is 10.0. The zero-order chi connectivity index (χ0) is 12.4. The molecule has 2 heterocycles. The summed E-state index contributed by atoms with van der Waals surface area (Å²) in [5.74, 6) is 0.403. The van der Waals surface area contributed by atoms with Gasteiger partial charge >= 0.3 is 0 Å². The summed E-state index contributed by atoms with van der Waals surface area (Å²) in [6.07, 6.45) is 2.90. The van der Waals surface area contributed by atoms with E-state index in [1.807, 2.05) is 30.8 Å². The largest absolute Gasteiger partial charge is 0.381 e. The first-order chi connectivity index (χ1) is 8.08. The minimum atomic E-state index is -0.0300. The van der Waals surface area contributed by atoms with Gasteiger partial charge in [-0.05, 0) is 35.3 Å². The van der Waals surface area contributed by atoms with Crippen LogP contribution in [0.1, 0.15) is 23.8 Å². The Bertz CT molecular complexity index is 411. The molecule has 5 heteroatoms. The van der Waals surface area contributed by atoms with Gasteiger partial charge in [-0.1, -0.05) is 0 Å². The molecule has 2 atom stereocenters. The average Bonchev–Trinajstić information content (AvgIpc) is 2.87. The number of aryl methyl sites for hydroxylation is 1. The normalized spacial score (nSPS) is 21.5. The van der Waals surface area contributed by atoms with Crippen LogP contribution in [0.4, 0.5) is 0 Å². The Morgan fingerprint density at radius 1 is 1.71 bits per heavy atom. The lowest BCUT2D eigenvalue weighted by Gasteiger charge is -2.19. The van der Waals surface area contributed by atoms with E-state index in [0.29, 0.717) is 11.6 Å². The van der Waals surface area contributed by atoms with Gasteiger partial charge in [-0.2, -0.15) is 0 Å². The number of aromatic nitrogens is 1. The predicted molar refractivity (Wildman–Crippen MR) is 69.0 cm³/mol. The molecule has 0 saturated carbocycles. The summed E-state index contributed by atoms with van der Waals surface area (Å²) < 4.78 is 8.06. The number of hydrogen-bond donors (Lipinski definition) is 1. The fraction of sp³-hybridized carbons (Fsp3) is 0.583. The van der Waals surface area contributed by atoms with Gasteiger partial charge in [0.2, 0.25) is 0 Å². The van der Waals surface area contributed by atoms with Crippen molar-refractivity contribution in [1.29, 1.82) is 0 Å². The summed E-state index contributed by atoms with van der Waals surface area (Å²) in [6.45, 7) is 3.59. The van der Waals surface area contributed by atoms with E-state index in [1.54, 1.807) is 0 Å². The minimum Gasteiger partial charge on any atom is -0.381 e. The molecular formula is C12H17BrN2O2. The zero-order valence-corrected chi connectivity index (χ0v) is 11.7. The van der Waals surface area contributed by atoms with Crippen LogP contribution < -0.4 is 5.32 Å². The molecule has 94 valence electrons. The molecule has 1 aliphatic heterocycles. The van der Waals surface area contributed by atoms with Crippen molar-refractivity contribution in [2.24, 2.45) is 13.0 Å². The molecule has 0 spiro atoms. The van der Waals surface area contributed by atoms with Crippen LogP contribution >= 0.6 is 15.9 Å². The van der Waals surface area contributed by atoms with Crippen molar-refractivity contribution in [3.63, 3.8) is 0 Å². The molecule has 0 radical (unpaired) electrons. The molecule has 4 nitrogen and oxygen atoms in total. The number of halogens is 1. The molecule has 1 aromatic heterocycles. The second-order valence-electron chi connectivity index (χ2n) is 4.54. The number of carbonyl (C=O) groups is 1. The number of hydrogen-bond acceptors (Lipinski definition) is 2. The third kappa shape index (κ3) is 2.90. The maximum absolute atomic E-state index is 12.1. The number of nitrogens with zero attached hydrogens (tertiary/aromatic N) is 1. The van der Waals surface area contributed by atoms with Crippen LogP contribution in [0.3, 0.4) is 0 Å². The molecule has 1 N–H and O–H groups in total. The quantitative estimate of drug-likeness (QED) is 0.927. The SMILES string of the molecule is CC(NC(=O)c1cc(Br)cn1C)C1CCOC1. The summed E-state index contributed by atoms with van der Waals surface area (Å²) in [5, 5.41) is 3.03. The first kappa shape index (κ1) is 12.6. The van der Waals surface area contributed by atoms with Gasteiger partial charge < -0.3 is 14.6 Å². The van der Waals surface area contributed by atoms with Gasteiger partial charge in [-0.3, -0.25) is 4.79 Å². The molecule has 2 rings (SSSR count). The van der Waals surface area contributed by atoms with E-state index in [-0.39, 0.29) is 11.9 Å². The van der Waals surface area contributed by atoms with Crippen molar-refractivity contribution < 1.29 is 9.53 Å². The van der Waals surface area contributed by atoms with Gasteiger partial charge in [0.25, 0.3) is 5.91 Å². The maximum atomic E-state index is 12.1. The maximum Gasteiger partial charge on any atom is 0.268 e. The highest BCUT2D eigenvalue weighted by Crippen LogP contribution is 2.18. The van der Waals surface area contributed by atoms with Crippen LogP contribution in [0, 0.1) is 5.92 Å². The number of amides is 1. The Balaban J connectivity index is 1.98. The van der Waals surface area contributed by atoms with Crippen molar-refractivity contribution in [2.75, 3.05) is 13.2 Å². The van der Waals surface area contributed by atoms with Crippen LogP contribution in [0.15, 0.2) is 16.7 Å². The van der Waals surface area contributed by atoms with Gasteiger partial charge in [0.15, 0.2) is 0 Å². The van der Waals surface area contributed by atoms with Crippen LogP contribution in [-0.4, -0.2) is 29.7 Å². The topological polar surface area (TPSA) is 43.3 Å². The smallest absolute Gasteiger partial charge is 0.268 e. The molecular weight excluding hydrogens is 284 g/mol. The minimum absolute atomic E-state index is 0.0300. The van der Waals surface area contributed by atoms with Crippen LogP contribution in [0.2, 0.25) is 0 Å². The third-order valence-electron chi connectivity index (χ3n) is 3.23. The molecule has 0 aliphatic carbocycles. The number of nitrogens with one attached hydrogen (secondary N) is 1. The van der Waals surface area contributed by atoms with E-state index in [9.17, 15) is 4.79 Å². The Labute approximate surface area is 109 Å². The first-order valence-corrected chi connectivity index (χ1v) is 6.57. The van der Waals surface area contributed by atoms with E-state index < -0.39 is 0 Å². The third-order valence-corrected chi connectivity index (χ3v) is 3.67. The van der Waals surface area contributed by atoms with Crippen molar-refractivity contribution in [2.45, 2.75) is 19.4 Å². The molecule has 0 aromatic carbocycles. The lowest BCUT2D eigenvalue weighted by Crippen LogP contribution is -2.39. The first-order valence-electron chi connectivity index (χ1n) is 5.78. The summed E-state index contributed by atoms with van der Waals surface area (Å²) >= 11 is 3.36. The predicted octanol–water partition coefficient (Wildman–Crippen LogP) is 1.94. The van der Waals surface area contributed by atoms with Crippen molar-refractivity contribution in [1.82, 2.24) is 9.88 Å². The van der Waals surface area contributed by atoms with E-state index >= 15 is 0 Å². The average molecular weight is 301 g/mol. The molecule has 17 heavy (non-hydrogen) atoms. The molecule has 1 saturated heterocycles. The van der Waals surface area contributed by atoms with Gasteiger partial charge in [-0.25, -0.2) is 0 Å². The number of carbonyl (C=O) groups excluding carboxylic acids is 1. The van der Waals surface area contributed by atoms with Gasteiger partial charge in [-0.15, -0.1) is 0 Å². The van der Waals surface area contributed by atoms with Crippen molar-refractivity contribution >= 4 is 21.8 Å². The van der Waals surface area contributed by atoms with E-state index in [4.69, 9.17) is 4.74 Å². The van der Waals surface area contributed by atoms with Crippen LogP contribution in [0.25, 0.3) is 0 Å². The van der Waals surface area contributed by atoms with E-state index in [0.717, 1.165) is 24.1 Å². The molecule has 1 amide bonds. The molecule has 0 bridgehead atoms. The fourth-order valence-electron chi connectivity index (χ4n) is 2.10. The summed E-state index contributed by atoms with van der Waals surface area (Å²) in [5.41, 5.74) is 0.669. The Hall–Kier alpha value is -0.810. The lowest BCUT2D eigenvalue weighted by molar-refractivity contribution is 0.0914. The molecule has 1 aromatic rings. The molecule has 1 fully saturated rings. The van der Waals surface area contributed by atoms with Crippen molar-refractivity contribution in [3.8, 4) is 0 Å². The van der Waals surface area contributed by atoms with E-state index in [1.165, 1.54) is 0 Å². The molecule has 1 aliphatic rings. The van der Waals surface area contributed by atoms with Crippen LogP contribution in [-0.2, 0) is 11.8 Å². The Morgan fingerprint density at radius 3 is 3.00 bits per heavy atom. The number of ether oxygens (including phenoxy) is 1. The summed E-state index contributed by atoms with van der Waals surface area (Å²) in [6, 6.07) is 1.98. The second kappa shape index (κ2) is 5.23. The summed E-state index contributed by atoms with van der Waals surface area (Å²) in [4.78, 5) is 12.1. The highest BCUT2D eigenvalue weighted by molar-refractivity contribution is 9.10. The van der Waals surface area contributed by atoms with E-state index in [2.05, 4.69) is 21.2 Å². The Morgan fingerprint density at radius 2 is 2.47 bits per heavy atom. The zero-order valence-electron chi connectivity index (χ0n) is 10.1. The highest BCUT2D eigenvalue weighted by Gasteiger charge is 2.24. The van der Waals surface area contributed by atoms with Gasteiger partial charge in [0, 0.05) is 36.3 Å². The highest BCUT2D eigenvalue weighted by atomic mass is 79.9. The molecule has 2 unspecified atom stereocenters. The standard InChI is InChI=1S/C12H17BrN2O2/c1-8(9-3-4-17-7-9)14-12(16)11-5-10(13)6-15(11)2/h5-6,8-9H,3-4,7H2,1-2H3,(H,14,16). The Kier molecular flexibility index (Phi) is 3.89.